The summed E-state index contributed by atoms with van der Waals surface area (Å²) in [4.78, 5) is 18.8. The largest absolute Gasteiger partial charge is 0.384 e. The number of aromatic nitrogens is 3. The molecule has 0 spiro atoms. The van der Waals surface area contributed by atoms with Crippen molar-refractivity contribution in [3.63, 3.8) is 0 Å². The van der Waals surface area contributed by atoms with Crippen LogP contribution in [-0.4, -0.2) is 26.5 Å². The van der Waals surface area contributed by atoms with Crippen molar-refractivity contribution in [2.24, 2.45) is 10.7 Å². The molecule has 0 fully saturated rings. The quantitative estimate of drug-likeness (QED) is 0.492. The first-order valence-electron chi connectivity index (χ1n) is 6.43. The maximum Gasteiger partial charge on any atom is 0.269 e. The van der Waals surface area contributed by atoms with Gasteiger partial charge in [-0.05, 0) is 24.6 Å². The summed E-state index contributed by atoms with van der Waals surface area (Å²) >= 11 is 0. The van der Waals surface area contributed by atoms with E-state index >= 15 is 0 Å². The summed E-state index contributed by atoms with van der Waals surface area (Å²) in [7, 11) is 0. The molecular weight excluding hydrogens is 287 g/mol. The second-order valence-corrected chi connectivity index (χ2v) is 4.49. The maximum absolute atomic E-state index is 12.9. The average molecular weight is 302 g/mol. The van der Waals surface area contributed by atoms with Gasteiger partial charge in [0.25, 0.3) is 5.91 Å². The molecule has 2 aromatic heterocycles. The van der Waals surface area contributed by atoms with Gasteiger partial charge in [0.05, 0.1) is 6.20 Å². The highest BCUT2D eigenvalue weighted by Crippen LogP contribution is 2.06. The number of pyridine rings is 1. The van der Waals surface area contributed by atoms with Crippen molar-refractivity contribution in [3.05, 3.63) is 54.5 Å². The van der Waals surface area contributed by atoms with Gasteiger partial charge in [-0.2, -0.15) is 14.5 Å². The Morgan fingerprint density at radius 3 is 3.09 bits per heavy atom. The van der Waals surface area contributed by atoms with E-state index in [2.05, 4.69) is 20.4 Å². The van der Waals surface area contributed by atoms with Gasteiger partial charge in [0.2, 0.25) is 5.95 Å². The highest BCUT2D eigenvalue weighted by Gasteiger charge is 2.02. The number of hydrogen-bond acceptors (Lipinski definition) is 4. The van der Waals surface area contributed by atoms with Crippen LogP contribution in [0.4, 0.5) is 10.1 Å². The SMILES string of the molecule is Cc1cnn(CC(=O)N=C(N)/C=C\Nc2ccnc(F)c2)c1. The van der Waals surface area contributed by atoms with Gasteiger partial charge in [-0.25, -0.2) is 4.98 Å². The number of anilines is 1. The molecule has 1 amide bonds. The van der Waals surface area contributed by atoms with Crippen LogP contribution >= 0.6 is 0 Å². The Hall–Kier alpha value is -3.03. The van der Waals surface area contributed by atoms with E-state index in [9.17, 15) is 9.18 Å². The van der Waals surface area contributed by atoms with Gasteiger partial charge in [0, 0.05) is 30.3 Å². The van der Waals surface area contributed by atoms with E-state index in [0.717, 1.165) is 5.56 Å². The zero-order valence-corrected chi connectivity index (χ0v) is 11.9. The molecule has 114 valence electrons. The summed E-state index contributed by atoms with van der Waals surface area (Å²) in [6, 6.07) is 2.81. The second-order valence-electron chi connectivity index (χ2n) is 4.49. The number of nitrogens with zero attached hydrogens (tertiary/aromatic N) is 4. The molecule has 2 rings (SSSR count). The number of amides is 1. The van der Waals surface area contributed by atoms with E-state index in [1.54, 1.807) is 18.5 Å². The lowest BCUT2D eigenvalue weighted by Crippen LogP contribution is -2.15. The molecular formula is C14H15FN6O. The Morgan fingerprint density at radius 2 is 2.41 bits per heavy atom. The van der Waals surface area contributed by atoms with Crippen LogP contribution in [0.1, 0.15) is 5.56 Å². The fourth-order valence-electron chi connectivity index (χ4n) is 1.62. The van der Waals surface area contributed by atoms with Gasteiger partial charge in [0.15, 0.2) is 0 Å². The predicted molar refractivity (Wildman–Crippen MR) is 80.6 cm³/mol. The average Bonchev–Trinajstić information content (AvgIpc) is 2.83. The summed E-state index contributed by atoms with van der Waals surface area (Å²) in [5, 5.41) is 6.78. The first kappa shape index (κ1) is 15.4. The lowest BCUT2D eigenvalue weighted by molar-refractivity contribution is -0.118. The molecule has 2 aromatic rings. The number of aryl methyl sites for hydroxylation is 1. The first-order chi connectivity index (χ1) is 10.5. The zero-order chi connectivity index (χ0) is 15.9. The molecule has 3 N–H and O–H groups in total. The van der Waals surface area contributed by atoms with Crippen LogP contribution in [0.15, 0.2) is 48.0 Å². The van der Waals surface area contributed by atoms with E-state index in [-0.39, 0.29) is 12.4 Å². The van der Waals surface area contributed by atoms with E-state index in [1.165, 1.54) is 29.2 Å². The Labute approximate surface area is 126 Å². The number of carbonyl (C=O) groups excluding carboxylic acids is 1. The van der Waals surface area contributed by atoms with Crippen molar-refractivity contribution < 1.29 is 9.18 Å². The molecule has 7 nitrogen and oxygen atoms in total. The lowest BCUT2D eigenvalue weighted by atomic mass is 10.4. The first-order valence-corrected chi connectivity index (χ1v) is 6.43. The summed E-state index contributed by atoms with van der Waals surface area (Å²) in [5.74, 6) is -0.971. The summed E-state index contributed by atoms with van der Waals surface area (Å²) < 4.78 is 14.3. The monoisotopic (exact) mass is 302 g/mol. The second kappa shape index (κ2) is 7.11. The van der Waals surface area contributed by atoms with Gasteiger partial charge >= 0.3 is 0 Å². The molecule has 0 saturated heterocycles. The molecule has 0 radical (unpaired) electrons. The van der Waals surface area contributed by atoms with Crippen LogP contribution in [0.5, 0.6) is 0 Å². The third-order valence-electron chi connectivity index (χ3n) is 2.54. The minimum atomic E-state index is -0.593. The van der Waals surface area contributed by atoms with Crippen LogP contribution in [0.3, 0.4) is 0 Å². The number of hydrogen-bond donors (Lipinski definition) is 2. The molecule has 0 aliphatic carbocycles. The van der Waals surface area contributed by atoms with Crippen LogP contribution < -0.4 is 11.1 Å². The smallest absolute Gasteiger partial charge is 0.269 e. The van der Waals surface area contributed by atoms with Crippen LogP contribution in [0, 0.1) is 12.9 Å². The van der Waals surface area contributed by atoms with Crippen molar-refractivity contribution in [2.75, 3.05) is 5.32 Å². The number of amidine groups is 1. The normalized spacial score (nSPS) is 11.8. The summed E-state index contributed by atoms with van der Waals surface area (Å²) in [5.41, 5.74) is 7.08. The number of nitrogens with two attached hydrogens (primary N) is 1. The van der Waals surface area contributed by atoms with E-state index in [4.69, 9.17) is 5.73 Å². The molecule has 0 atom stereocenters. The fraction of sp³-hybridized carbons (Fsp3) is 0.143. The number of nitrogens with one attached hydrogen (secondary N) is 1. The maximum atomic E-state index is 12.9. The van der Waals surface area contributed by atoms with Gasteiger partial charge in [0.1, 0.15) is 12.4 Å². The summed E-state index contributed by atoms with van der Waals surface area (Å²) in [6.45, 7) is 1.90. The molecule has 0 unspecified atom stereocenters. The van der Waals surface area contributed by atoms with Gasteiger partial charge in [-0.15, -0.1) is 0 Å². The lowest BCUT2D eigenvalue weighted by Gasteiger charge is -2.00. The number of carbonyl (C=O) groups is 1. The van der Waals surface area contributed by atoms with Gasteiger partial charge in [-0.3, -0.25) is 9.48 Å². The standard InChI is InChI=1S/C14H15FN6O/c1-10-7-19-21(8-10)9-14(22)20-13(16)3-5-17-11-2-4-18-12(15)6-11/h2-8H,9H2,1H3,(H,17,18)(H2,16,20,22)/b5-3-. The Balaban J connectivity index is 1.88. The van der Waals surface area contributed by atoms with Crippen molar-refractivity contribution in [2.45, 2.75) is 13.5 Å². The van der Waals surface area contributed by atoms with E-state index < -0.39 is 11.9 Å². The fourth-order valence-corrected chi connectivity index (χ4v) is 1.62. The predicted octanol–water partition coefficient (Wildman–Crippen LogP) is 1.24. The van der Waals surface area contributed by atoms with E-state index in [0.29, 0.717) is 5.69 Å². The van der Waals surface area contributed by atoms with Crippen LogP contribution in [0.25, 0.3) is 0 Å². The molecule has 0 aromatic carbocycles. The third-order valence-corrected chi connectivity index (χ3v) is 2.54. The molecule has 0 saturated carbocycles. The minimum absolute atomic E-state index is 0.0192. The number of halogens is 1. The number of rotatable bonds is 5. The highest BCUT2D eigenvalue weighted by atomic mass is 19.1. The summed E-state index contributed by atoms with van der Waals surface area (Å²) in [6.07, 6.45) is 7.58. The Morgan fingerprint density at radius 1 is 1.59 bits per heavy atom. The van der Waals surface area contributed by atoms with Crippen molar-refractivity contribution >= 4 is 17.4 Å². The van der Waals surface area contributed by atoms with Crippen molar-refractivity contribution in [1.29, 1.82) is 0 Å². The van der Waals surface area contributed by atoms with E-state index in [1.807, 2.05) is 6.92 Å². The minimum Gasteiger partial charge on any atom is -0.384 e. The van der Waals surface area contributed by atoms with Crippen molar-refractivity contribution in [1.82, 2.24) is 14.8 Å². The molecule has 2 heterocycles. The Kier molecular flexibility index (Phi) is 4.97. The van der Waals surface area contributed by atoms with Gasteiger partial charge in [-0.1, -0.05) is 0 Å². The van der Waals surface area contributed by atoms with Crippen LogP contribution in [-0.2, 0) is 11.3 Å². The molecule has 0 bridgehead atoms. The molecule has 0 aliphatic heterocycles. The third kappa shape index (κ3) is 4.82. The highest BCUT2D eigenvalue weighted by molar-refractivity contribution is 6.00. The molecule has 8 heteroatoms. The Bertz CT molecular complexity index is 722. The molecule has 0 aliphatic rings. The van der Waals surface area contributed by atoms with Crippen molar-refractivity contribution in [3.8, 4) is 0 Å². The van der Waals surface area contributed by atoms with Crippen LogP contribution in [0.2, 0.25) is 0 Å². The zero-order valence-electron chi connectivity index (χ0n) is 11.9. The topological polar surface area (TPSA) is 98.2 Å². The van der Waals surface area contributed by atoms with Gasteiger partial charge < -0.3 is 11.1 Å². The molecule has 22 heavy (non-hydrogen) atoms. The number of aliphatic imine (C=N–C) groups is 1.